The van der Waals surface area contributed by atoms with E-state index in [0.717, 1.165) is 5.56 Å². The third-order valence-corrected chi connectivity index (χ3v) is 6.70. The molecule has 0 bridgehead atoms. The van der Waals surface area contributed by atoms with Gasteiger partial charge in [-0.15, -0.1) is 0 Å². The van der Waals surface area contributed by atoms with Crippen LogP contribution in [0.2, 0.25) is 0 Å². The lowest BCUT2D eigenvalue weighted by molar-refractivity contribution is -0.145. The van der Waals surface area contributed by atoms with E-state index in [9.17, 15) is 13.2 Å². The average Bonchev–Trinajstić information content (AvgIpc) is 2.68. The fourth-order valence-corrected chi connectivity index (χ4v) is 4.19. The van der Waals surface area contributed by atoms with Crippen LogP contribution in [-0.2, 0) is 19.4 Å². The highest BCUT2D eigenvalue weighted by Crippen LogP contribution is 2.32. The van der Waals surface area contributed by atoms with Crippen LogP contribution in [0, 0.1) is 0 Å². The second-order valence-corrected chi connectivity index (χ2v) is 8.53. The SMILES string of the molecule is CCOC(=O)C(C)(C/C=C\c1ccccc1)S(=O)(=O)c1ccc(OC)cc1. The molecule has 0 aromatic heterocycles. The first kappa shape index (κ1) is 20.7. The van der Waals surface area contributed by atoms with Crippen LogP contribution in [0.4, 0.5) is 0 Å². The predicted octanol–water partition coefficient (Wildman–Crippen LogP) is 3.89. The van der Waals surface area contributed by atoms with Crippen molar-refractivity contribution in [1.82, 2.24) is 0 Å². The number of benzene rings is 2. The summed E-state index contributed by atoms with van der Waals surface area (Å²) < 4.78 is 34.9. The van der Waals surface area contributed by atoms with E-state index in [-0.39, 0.29) is 17.9 Å². The second kappa shape index (κ2) is 8.86. The summed E-state index contributed by atoms with van der Waals surface area (Å²) in [5, 5.41) is 0. The number of ether oxygens (including phenoxy) is 2. The first-order valence-electron chi connectivity index (χ1n) is 8.62. The zero-order chi connectivity index (χ0) is 19.9. The Morgan fingerprint density at radius 1 is 1.07 bits per heavy atom. The lowest BCUT2D eigenvalue weighted by Gasteiger charge is -2.26. The summed E-state index contributed by atoms with van der Waals surface area (Å²) in [4.78, 5) is 12.6. The highest BCUT2D eigenvalue weighted by Gasteiger charge is 2.47. The number of carbonyl (C=O) groups is 1. The summed E-state index contributed by atoms with van der Waals surface area (Å²) in [6.07, 6.45) is 3.48. The van der Waals surface area contributed by atoms with Gasteiger partial charge in [-0.2, -0.15) is 0 Å². The topological polar surface area (TPSA) is 69.7 Å². The van der Waals surface area contributed by atoms with Gasteiger partial charge in [-0.05, 0) is 50.1 Å². The third-order valence-electron chi connectivity index (χ3n) is 4.29. The minimum Gasteiger partial charge on any atom is -0.497 e. The van der Waals surface area contributed by atoms with Crippen LogP contribution in [0.25, 0.3) is 6.08 Å². The molecule has 0 spiro atoms. The van der Waals surface area contributed by atoms with Gasteiger partial charge in [0.15, 0.2) is 14.6 Å². The van der Waals surface area contributed by atoms with Crippen molar-refractivity contribution in [3.8, 4) is 5.75 Å². The molecular weight excluding hydrogens is 364 g/mol. The molecule has 0 aliphatic rings. The molecule has 2 aromatic rings. The molecule has 0 fully saturated rings. The molecule has 6 heteroatoms. The van der Waals surface area contributed by atoms with Crippen LogP contribution in [-0.4, -0.2) is 32.9 Å². The maximum atomic E-state index is 13.2. The Morgan fingerprint density at radius 3 is 2.26 bits per heavy atom. The summed E-state index contributed by atoms with van der Waals surface area (Å²) >= 11 is 0. The van der Waals surface area contributed by atoms with Gasteiger partial charge in [0.25, 0.3) is 0 Å². The summed E-state index contributed by atoms with van der Waals surface area (Å²) in [5.41, 5.74) is 0.922. The van der Waals surface area contributed by atoms with E-state index >= 15 is 0 Å². The molecule has 0 amide bonds. The van der Waals surface area contributed by atoms with Crippen molar-refractivity contribution in [1.29, 1.82) is 0 Å². The lowest BCUT2D eigenvalue weighted by atomic mass is 10.1. The molecule has 0 heterocycles. The van der Waals surface area contributed by atoms with Crippen LogP contribution in [0.1, 0.15) is 25.8 Å². The Bertz CT molecular complexity index is 886. The summed E-state index contributed by atoms with van der Waals surface area (Å²) in [6.45, 7) is 3.16. The van der Waals surface area contributed by atoms with E-state index in [4.69, 9.17) is 9.47 Å². The van der Waals surface area contributed by atoms with Crippen molar-refractivity contribution in [2.75, 3.05) is 13.7 Å². The van der Waals surface area contributed by atoms with Gasteiger partial charge in [0.2, 0.25) is 0 Å². The molecule has 1 atom stereocenters. The van der Waals surface area contributed by atoms with Gasteiger partial charge in [0.1, 0.15) is 5.75 Å². The van der Waals surface area contributed by atoms with E-state index < -0.39 is 20.6 Å². The van der Waals surface area contributed by atoms with Gasteiger partial charge in [-0.3, -0.25) is 4.79 Å². The Balaban J connectivity index is 2.39. The van der Waals surface area contributed by atoms with E-state index in [1.165, 1.54) is 26.2 Å². The van der Waals surface area contributed by atoms with Crippen LogP contribution in [0.15, 0.2) is 65.6 Å². The molecular formula is C21H24O5S. The summed E-state index contributed by atoms with van der Waals surface area (Å²) in [7, 11) is -2.48. The number of allylic oxidation sites excluding steroid dienone is 1. The van der Waals surface area contributed by atoms with Crippen molar-refractivity contribution in [3.05, 3.63) is 66.2 Å². The van der Waals surface area contributed by atoms with Crippen molar-refractivity contribution >= 4 is 21.9 Å². The van der Waals surface area contributed by atoms with E-state index in [0.29, 0.717) is 5.75 Å². The lowest BCUT2D eigenvalue weighted by Crippen LogP contribution is -2.44. The van der Waals surface area contributed by atoms with Gasteiger partial charge in [-0.1, -0.05) is 42.5 Å². The quantitative estimate of drug-likeness (QED) is 0.642. The van der Waals surface area contributed by atoms with Crippen LogP contribution in [0.5, 0.6) is 5.75 Å². The standard InChI is InChI=1S/C21H24O5S/c1-4-26-20(22)21(2,16-8-11-17-9-6-5-7-10-17)27(23,24)19-14-12-18(25-3)13-15-19/h5-15H,4,16H2,1-3H3/b11-8-. The molecule has 0 radical (unpaired) electrons. The Kier molecular flexibility index (Phi) is 6.80. The van der Waals surface area contributed by atoms with Crippen molar-refractivity contribution in [2.24, 2.45) is 0 Å². The Labute approximate surface area is 160 Å². The van der Waals surface area contributed by atoms with Gasteiger partial charge >= 0.3 is 5.97 Å². The minimum atomic E-state index is -3.98. The minimum absolute atomic E-state index is 0.00487. The second-order valence-electron chi connectivity index (χ2n) is 6.15. The molecule has 5 nitrogen and oxygen atoms in total. The number of hydrogen-bond acceptors (Lipinski definition) is 5. The molecule has 0 aliphatic heterocycles. The fourth-order valence-electron chi connectivity index (χ4n) is 2.59. The third kappa shape index (κ3) is 4.57. The molecule has 2 rings (SSSR count). The molecule has 27 heavy (non-hydrogen) atoms. The highest BCUT2D eigenvalue weighted by atomic mass is 32.2. The maximum absolute atomic E-state index is 13.2. The van der Waals surface area contributed by atoms with E-state index in [2.05, 4.69) is 0 Å². The monoisotopic (exact) mass is 388 g/mol. The summed E-state index contributed by atoms with van der Waals surface area (Å²) in [6, 6.07) is 15.5. The first-order valence-corrected chi connectivity index (χ1v) is 10.1. The molecule has 0 saturated heterocycles. The number of carbonyl (C=O) groups excluding carboxylic acids is 1. The molecule has 1 unspecified atom stereocenters. The molecule has 144 valence electrons. The van der Waals surface area contributed by atoms with Gasteiger partial charge in [-0.25, -0.2) is 8.42 Å². The van der Waals surface area contributed by atoms with E-state index in [1.54, 1.807) is 31.2 Å². The van der Waals surface area contributed by atoms with Crippen molar-refractivity contribution in [2.45, 2.75) is 29.9 Å². The van der Waals surface area contributed by atoms with Crippen molar-refractivity contribution in [3.63, 3.8) is 0 Å². The number of rotatable bonds is 8. The molecule has 2 aromatic carbocycles. The van der Waals surface area contributed by atoms with Gasteiger partial charge in [0, 0.05) is 0 Å². The zero-order valence-corrected chi connectivity index (χ0v) is 16.5. The average molecular weight is 388 g/mol. The van der Waals surface area contributed by atoms with Crippen LogP contribution >= 0.6 is 0 Å². The number of methoxy groups -OCH3 is 1. The number of esters is 1. The smallest absolute Gasteiger partial charge is 0.327 e. The maximum Gasteiger partial charge on any atom is 0.327 e. The highest BCUT2D eigenvalue weighted by molar-refractivity contribution is 7.93. The number of hydrogen-bond donors (Lipinski definition) is 0. The molecule has 0 saturated carbocycles. The number of sulfone groups is 1. The van der Waals surface area contributed by atoms with Gasteiger partial charge in [0.05, 0.1) is 18.6 Å². The first-order chi connectivity index (χ1) is 12.8. The summed E-state index contributed by atoms with van der Waals surface area (Å²) in [5.74, 6) is -0.228. The predicted molar refractivity (Wildman–Crippen MR) is 105 cm³/mol. The zero-order valence-electron chi connectivity index (χ0n) is 15.7. The fraction of sp³-hybridized carbons (Fsp3) is 0.286. The molecule has 0 aliphatic carbocycles. The van der Waals surface area contributed by atoms with E-state index in [1.807, 2.05) is 30.3 Å². The van der Waals surface area contributed by atoms with Crippen molar-refractivity contribution < 1.29 is 22.7 Å². The largest absolute Gasteiger partial charge is 0.497 e. The Morgan fingerprint density at radius 2 is 1.70 bits per heavy atom. The molecule has 0 N–H and O–H groups in total. The Hall–Kier alpha value is -2.60. The van der Waals surface area contributed by atoms with Crippen LogP contribution in [0.3, 0.4) is 0 Å². The normalized spacial score (nSPS) is 13.9. The van der Waals surface area contributed by atoms with Gasteiger partial charge < -0.3 is 9.47 Å². The van der Waals surface area contributed by atoms with Crippen LogP contribution < -0.4 is 4.74 Å².